The number of imidazole rings is 1. The molecule has 2 aromatic heterocycles. The van der Waals surface area contributed by atoms with Crippen LogP contribution in [0.1, 0.15) is 12.1 Å². The number of halogens is 1. The monoisotopic (exact) mass is 382 g/mol. The number of hydrogen-bond acceptors (Lipinski definition) is 5. The number of piperidine rings is 1. The molecule has 0 bridgehead atoms. The first-order chi connectivity index (χ1) is 13.0. The minimum absolute atomic E-state index is 0.313. The number of aliphatic hydroxyl groups excluding tert-OH is 1. The van der Waals surface area contributed by atoms with Gasteiger partial charge in [0, 0.05) is 30.4 Å². The summed E-state index contributed by atoms with van der Waals surface area (Å²) in [5.74, 6) is 0.783. The second-order valence-electron chi connectivity index (χ2n) is 6.72. The Morgan fingerprint density at radius 1 is 1.33 bits per heavy atom. The fraction of sp³-hybridized carbons (Fsp3) is 0.316. The summed E-state index contributed by atoms with van der Waals surface area (Å²) in [4.78, 5) is 14.6. The van der Waals surface area contributed by atoms with Crippen LogP contribution < -0.4 is 10.6 Å². The number of fused-ring (bicyclic) bond motifs is 1. The molecule has 27 heavy (non-hydrogen) atoms. The molecule has 3 aromatic rings. The lowest BCUT2D eigenvalue weighted by Crippen LogP contribution is -2.52. The quantitative estimate of drug-likeness (QED) is 0.680. The highest BCUT2D eigenvalue weighted by atomic mass is 35.5. The van der Waals surface area contributed by atoms with Crippen molar-refractivity contribution in [2.45, 2.75) is 25.1 Å². The summed E-state index contributed by atoms with van der Waals surface area (Å²) in [7, 11) is 0. The maximum atomic E-state index is 9.94. The van der Waals surface area contributed by atoms with E-state index >= 15 is 0 Å². The summed E-state index contributed by atoms with van der Waals surface area (Å²) >= 11 is 6.21. The van der Waals surface area contributed by atoms with Crippen molar-refractivity contribution in [3.8, 4) is 0 Å². The number of aliphatic hydroxyl groups is 1. The lowest BCUT2D eigenvalue weighted by Gasteiger charge is -2.35. The fourth-order valence-corrected chi connectivity index (χ4v) is 3.54. The van der Waals surface area contributed by atoms with Gasteiger partial charge in [0.1, 0.15) is 0 Å². The van der Waals surface area contributed by atoms with Crippen LogP contribution in [-0.2, 0) is 6.54 Å². The number of aromatic nitrogens is 3. The normalized spacial score (nSPS) is 20.0. The van der Waals surface area contributed by atoms with Gasteiger partial charge in [0.05, 0.1) is 35.9 Å². The van der Waals surface area contributed by atoms with Gasteiger partial charge in [-0.3, -0.25) is 4.98 Å². The van der Waals surface area contributed by atoms with Gasteiger partial charge in [-0.25, -0.2) is 9.83 Å². The minimum Gasteiger partial charge on any atom is -0.391 e. The van der Waals surface area contributed by atoms with E-state index in [9.17, 15) is 5.11 Å². The van der Waals surface area contributed by atoms with Crippen LogP contribution >= 0.6 is 11.6 Å². The third-order valence-corrected chi connectivity index (χ3v) is 5.09. The zero-order valence-electron chi connectivity index (χ0n) is 14.6. The molecule has 3 N–H and O–H groups in total. The second kappa shape index (κ2) is 7.16. The van der Waals surface area contributed by atoms with Gasteiger partial charge >= 0.3 is 0 Å². The Balaban J connectivity index is 1.76. The predicted molar refractivity (Wildman–Crippen MR) is 105 cm³/mol. The smallest absolute Gasteiger partial charge is 0.206 e. The van der Waals surface area contributed by atoms with Crippen LogP contribution in [0.5, 0.6) is 0 Å². The molecular weight excluding hydrogens is 364 g/mol. The molecule has 0 saturated carbocycles. The summed E-state index contributed by atoms with van der Waals surface area (Å²) in [5.41, 5.74) is 9.15. The van der Waals surface area contributed by atoms with E-state index in [-0.39, 0.29) is 6.04 Å². The van der Waals surface area contributed by atoms with E-state index in [1.807, 2.05) is 24.3 Å². The van der Waals surface area contributed by atoms with Crippen molar-refractivity contribution in [3.63, 3.8) is 0 Å². The molecule has 0 amide bonds. The van der Waals surface area contributed by atoms with Gasteiger partial charge in [-0.1, -0.05) is 17.7 Å². The zero-order chi connectivity index (χ0) is 19.0. The van der Waals surface area contributed by atoms with Gasteiger partial charge < -0.3 is 20.3 Å². The van der Waals surface area contributed by atoms with Crippen molar-refractivity contribution in [1.82, 2.24) is 14.5 Å². The van der Waals surface area contributed by atoms with Crippen molar-refractivity contribution in [3.05, 3.63) is 58.7 Å². The Labute approximate surface area is 161 Å². The van der Waals surface area contributed by atoms with Gasteiger partial charge in [0.2, 0.25) is 11.6 Å². The van der Waals surface area contributed by atoms with Crippen molar-refractivity contribution < 1.29 is 5.11 Å². The van der Waals surface area contributed by atoms with Crippen molar-refractivity contribution in [2.75, 3.05) is 18.0 Å². The summed E-state index contributed by atoms with van der Waals surface area (Å²) in [5, 5.41) is 10.6. The zero-order valence-corrected chi connectivity index (χ0v) is 15.3. The fourth-order valence-electron chi connectivity index (χ4n) is 3.37. The summed E-state index contributed by atoms with van der Waals surface area (Å²) in [6.45, 7) is 8.77. The minimum atomic E-state index is -0.489. The Kier molecular flexibility index (Phi) is 4.70. The average Bonchev–Trinajstić information content (AvgIpc) is 3.02. The SMILES string of the molecule is [C-]#[N+]c1ccc(Cn2c(N3CC[C@@H](O)[C@H](N)C3)nc3ccc(Cl)cc32)nc1. The van der Waals surface area contributed by atoms with Crippen LogP contribution in [0.4, 0.5) is 11.6 Å². The molecular formula is C19H19ClN6O. The Bertz CT molecular complexity index is 1010. The lowest BCUT2D eigenvalue weighted by atomic mass is 10.0. The summed E-state index contributed by atoms with van der Waals surface area (Å²) < 4.78 is 2.06. The first kappa shape index (κ1) is 17.7. The Morgan fingerprint density at radius 3 is 2.89 bits per heavy atom. The van der Waals surface area contributed by atoms with Gasteiger partial charge in [-0.15, -0.1) is 0 Å². The molecule has 1 saturated heterocycles. The molecule has 2 atom stereocenters. The first-order valence-electron chi connectivity index (χ1n) is 8.72. The maximum absolute atomic E-state index is 9.94. The highest BCUT2D eigenvalue weighted by Crippen LogP contribution is 2.28. The van der Waals surface area contributed by atoms with Gasteiger partial charge in [-0.05, 0) is 30.7 Å². The Morgan fingerprint density at radius 2 is 2.19 bits per heavy atom. The summed E-state index contributed by atoms with van der Waals surface area (Å²) in [6.07, 6.45) is 1.68. The third-order valence-electron chi connectivity index (χ3n) is 4.85. The topological polar surface area (TPSA) is 84.6 Å². The predicted octanol–water partition coefficient (Wildman–Crippen LogP) is 2.58. The van der Waals surface area contributed by atoms with Crippen LogP contribution in [0.2, 0.25) is 5.02 Å². The molecule has 1 aromatic carbocycles. The average molecular weight is 383 g/mol. The number of pyridine rings is 1. The van der Waals surface area contributed by atoms with E-state index in [0.717, 1.165) is 22.7 Å². The van der Waals surface area contributed by atoms with Crippen LogP contribution in [-0.4, -0.2) is 44.9 Å². The molecule has 8 heteroatoms. The number of nitrogens with two attached hydrogens (primary N) is 1. The molecule has 0 spiro atoms. The molecule has 4 rings (SSSR count). The van der Waals surface area contributed by atoms with Crippen LogP contribution in [0, 0.1) is 6.57 Å². The van der Waals surface area contributed by atoms with Crippen LogP contribution in [0.15, 0.2) is 36.5 Å². The standard InChI is InChI=1S/C19H19ClN6O/c1-22-13-3-4-14(23-9-13)10-26-17-8-12(20)2-5-16(17)24-19(26)25-7-6-18(27)15(21)11-25/h2-5,8-9,15,18,27H,6-7,10-11,21H2/t15-,18-/m1/s1. The van der Waals surface area contributed by atoms with Crippen molar-refractivity contribution >= 4 is 34.3 Å². The third kappa shape index (κ3) is 3.47. The lowest BCUT2D eigenvalue weighted by molar-refractivity contribution is 0.124. The number of rotatable bonds is 3. The number of nitrogens with zero attached hydrogens (tertiary/aromatic N) is 5. The molecule has 3 heterocycles. The first-order valence-corrected chi connectivity index (χ1v) is 9.09. The largest absolute Gasteiger partial charge is 0.391 e. The molecule has 7 nitrogen and oxygen atoms in total. The van der Waals surface area contributed by atoms with Gasteiger partial charge in [0.15, 0.2) is 0 Å². The number of hydrogen-bond donors (Lipinski definition) is 2. The molecule has 1 fully saturated rings. The van der Waals surface area contributed by atoms with E-state index in [1.165, 1.54) is 0 Å². The molecule has 0 radical (unpaired) electrons. The molecule has 138 valence electrons. The van der Waals surface area contributed by atoms with E-state index in [4.69, 9.17) is 28.9 Å². The Hall–Kier alpha value is -2.66. The van der Waals surface area contributed by atoms with E-state index in [1.54, 1.807) is 12.3 Å². The van der Waals surface area contributed by atoms with E-state index < -0.39 is 6.10 Å². The molecule has 1 aliphatic heterocycles. The van der Waals surface area contributed by atoms with Crippen molar-refractivity contribution in [1.29, 1.82) is 0 Å². The number of anilines is 1. The molecule has 0 aliphatic carbocycles. The van der Waals surface area contributed by atoms with E-state index in [2.05, 4.69) is 19.3 Å². The van der Waals surface area contributed by atoms with Crippen LogP contribution in [0.3, 0.4) is 0 Å². The van der Waals surface area contributed by atoms with Gasteiger partial charge in [-0.2, -0.15) is 0 Å². The number of benzene rings is 1. The maximum Gasteiger partial charge on any atom is 0.206 e. The van der Waals surface area contributed by atoms with Gasteiger partial charge in [0.25, 0.3) is 0 Å². The van der Waals surface area contributed by atoms with Crippen LogP contribution in [0.25, 0.3) is 15.9 Å². The van der Waals surface area contributed by atoms with Crippen molar-refractivity contribution in [2.24, 2.45) is 5.73 Å². The highest BCUT2D eigenvalue weighted by Gasteiger charge is 2.28. The highest BCUT2D eigenvalue weighted by molar-refractivity contribution is 6.31. The summed E-state index contributed by atoms with van der Waals surface area (Å²) in [6, 6.07) is 8.89. The van der Waals surface area contributed by atoms with E-state index in [0.29, 0.717) is 36.8 Å². The molecule has 0 unspecified atom stereocenters. The second-order valence-corrected chi connectivity index (χ2v) is 7.15. The molecule has 1 aliphatic rings.